The van der Waals surface area contributed by atoms with Crippen LogP contribution in [0.2, 0.25) is 0 Å². The van der Waals surface area contributed by atoms with Gasteiger partial charge in [0.15, 0.2) is 0 Å². The molecular weight excluding hydrogens is 202 g/mol. The van der Waals surface area contributed by atoms with E-state index < -0.39 is 6.04 Å². The van der Waals surface area contributed by atoms with Crippen LogP contribution in [0.3, 0.4) is 0 Å². The van der Waals surface area contributed by atoms with Gasteiger partial charge >= 0.3 is 6.17 Å². The molecule has 4 heteroatoms. The molecule has 1 saturated heterocycles. The molecule has 0 aromatic rings. The molecule has 1 saturated carbocycles. The van der Waals surface area contributed by atoms with Gasteiger partial charge in [0.05, 0.1) is 12.0 Å². The standard InChI is InChI=1S/C12H19N3O/c1-4-7(2)10(13)12(16)15-6-8-5-9(8)11(15)14-3/h7-11H,4-6,13H2,1-2H3. The van der Waals surface area contributed by atoms with Crippen molar-refractivity contribution in [1.29, 1.82) is 0 Å². The number of rotatable bonds is 3. The second kappa shape index (κ2) is 4.06. The van der Waals surface area contributed by atoms with Crippen molar-refractivity contribution in [2.45, 2.75) is 38.9 Å². The van der Waals surface area contributed by atoms with Gasteiger partial charge < -0.3 is 5.73 Å². The van der Waals surface area contributed by atoms with Crippen LogP contribution < -0.4 is 5.73 Å². The first-order chi connectivity index (χ1) is 7.60. The summed E-state index contributed by atoms with van der Waals surface area (Å²) in [6.07, 6.45) is 1.79. The average molecular weight is 221 g/mol. The molecular formula is C12H19N3O. The number of fused-ring (bicyclic) bond motifs is 1. The van der Waals surface area contributed by atoms with Crippen LogP contribution in [0.1, 0.15) is 26.7 Å². The minimum Gasteiger partial charge on any atom is -0.320 e. The molecule has 0 aromatic carbocycles. The topological polar surface area (TPSA) is 50.7 Å². The Balaban J connectivity index is 2.03. The molecule has 2 aliphatic rings. The van der Waals surface area contributed by atoms with E-state index in [4.69, 9.17) is 12.3 Å². The molecule has 1 heterocycles. The Labute approximate surface area is 96.6 Å². The highest BCUT2D eigenvalue weighted by atomic mass is 16.2. The summed E-state index contributed by atoms with van der Waals surface area (Å²) in [5.41, 5.74) is 5.93. The van der Waals surface area contributed by atoms with Gasteiger partial charge in [-0.2, -0.15) is 0 Å². The molecule has 0 radical (unpaired) electrons. The zero-order chi connectivity index (χ0) is 11.9. The Morgan fingerprint density at radius 1 is 1.69 bits per heavy atom. The normalized spacial score (nSPS) is 35.1. The van der Waals surface area contributed by atoms with E-state index in [9.17, 15) is 4.79 Å². The molecule has 16 heavy (non-hydrogen) atoms. The van der Waals surface area contributed by atoms with Crippen molar-refractivity contribution < 1.29 is 4.79 Å². The predicted octanol–water partition coefficient (Wildman–Crippen LogP) is 1.08. The van der Waals surface area contributed by atoms with E-state index in [1.807, 2.05) is 13.8 Å². The van der Waals surface area contributed by atoms with Crippen molar-refractivity contribution in [3.05, 3.63) is 11.4 Å². The summed E-state index contributed by atoms with van der Waals surface area (Å²) in [6, 6.07) is -0.438. The molecule has 5 atom stereocenters. The Morgan fingerprint density at radius 3 is 2.94 bits per heavy atom. The zero-order valence-corrected chi connectivity index (χ0v) is 9.89. The quantitative estimate of drug-likeness (QED) is 0.725. The number of nitrogens with two attached hydrogens (primary N) is 1. The summed E-state index contributed by atoms with van der Waals surface area (Å²) in [6.45, 7) is 11.9. The van der Waals surface area contributed by atoms with Crippen LogP contribution in [0.25, 0.3) is 4.85 Å². The number of nitrogens with zero attached hydrogens (tertiary/aromatic N) is 2. The maximum atomic E-state index is 12.1. The fourth-order valence-corrected chi connectivity index (χ4v) is 2.51. The minimum absolute atomic E-state index is 0.0254. The van der Waals surface area contributed by atoms with Crippen LogP contribution in [0.15, 0.2) is 0 Å². The second-order valence-electron chi connectivity index (χ2n) is 5.10. The maximum Gasteiger partial charge on any atom is 0.303 e. The number of carbonyl (C=O) groups is 1. The van der Waals surface area contributed by atoms with Crippen LogP contribution in [0.5, 0.6) is 0 Å². The van der Waals surface area contributed by atoms with E-state index in [1.165, 1.54) is 0 Å². The van der Waals surface area contributed by atoms with E-state index in [-0.39, 0.29) is 18.0 Å². The summed E-state index contributed by atoms with van der Waals surface area (Å²) in [4.78, 5) is 17.4. The van der Waals surface area contributed by atoms with Gasteiger partial charge in [-0.15, -0.1) is 0 Å². The van der Waals surface area contributed by atoms with E-state index in [2.05, 4.69) is 4.85 Å². The highest BCUT2D eigenvalue weighted by molar-refractivity contribution is 5.83. The number of likely N-dealkylation sites (tertiary alicyclic amines) is 1. The van der Waals surface area contributed by atoms with Crippen LogP contribution in [-0.2, 0) is 4.79 Å². The van der Waals surface area contributed by atoms with Gasteiger partial charge in [-0.05, 0) is 18.3 Å². The van der Waals surface area contributed by atoms with Crippen LogP contribution >= 0.6 is 0 Å². The molecule has 2 fully saturated rings. The third-order valence-corrected chi connectivity index (χ3v) is 4.07. The fourth-order valence-electron chi connectivity index (χ4n) is 2.51. The van der Waals surface area contributed by atoms with E-state index in [0.29, 0.717) is 11.8 Å². The summed E-state index contributed by atoms with van der Waals surface area (Å²) < 4.78 is 0. The maximum absolute atomic E-state index is 12.1. The first-order valence-electron chi connectivity index (χ1n) is 6.02. The van der Waals surface area contributed by atoms with Gasteiger partial charge in [0.1, 0.15) is 0 Å². The van der Waals surface area contributed by atoms with Gasteiger partial charge in [0.25, 0.3) is 0 Å². The Hall–Kier alpha value is -1.08. The van der Waals surface area contributed by atoms with Crippen LogP contribution in [0, 0.1) is 24.3 Å². The first kappa shape index (κ1) is 11.4. The molecule has 1 aliphatic carbocycles. The van der Waals surface area contributed by atoms with Gasteiger partial charge in [-0.3, -0.25) is 14.5 Å². The average Bonchev–Trinajstić information content (AvgIpc) is 2.98. The number of hydrogen-bond donors (Lipinski definition) is 1. The second-order valence-corrected chi connectivity index (χ2v) is 5.10. The highest BCUT2D eigenvalue weighted by Gasteiger charge is 2.59. The summed E-state index contributed by atoms with van der Waals surface area (Å²) in [7, 11) is 0. The number of amides is 1. The van der Waals surface area contributed by atoms with Gasteiger partial charge in [0, 0.05) is 6.54 Å². The van der Waals surface area contributed by atoms with E-state index >= 15 is 0 Å². The molecule has 2 rings (SSSR count). The van der Waals surface area contributed by atoms with Gasteiger partial charge in [0.2, 0.25) is 5.91 Å². The number of carbonyl (C=O) groups excluding carboxylic acids is 1. The minimum atomic E-state index is -0.438. The lowest BCUT2D eigenvalue weighted by atomic mass is 9.99. The van der Waals surface area contributed by atoms with E-state index in [0.717, 1.165) is 19.4 Å². The largest absolute Gasteiger partial charge is 0.320 e. The van der Waals surface area contributed by atoms with Crippen molar-refractivity contribution >= 4 is 5.91 Å². The monoisotopic (exact) mass is 221 g/mol. The SMILES string of the molecule is [C-]#[N+]C1C2CC2CN1C(=O)C(N)C(C)CC. The molecule has 2 N–H and O–H groups in total. The molecule has 0 bridgehead atoms. The Bertz CT molecular complexity index is 336. The summed E-state index contributed by atoms with van der Waals surface area (Å²) >= 11 is 0. The van der Waals surface area contributed by atoms with Crippen molar-refractivity contribution in [1.82, 2.24) is 4.90 Å². The van der Waals surface area contributed by atoms with Crippen molar-refractivity contribution in [3.8, 4) is 0 Å². The lowest BCUT2D eigenvalue weighted by Gasteiger charge is -2.25. The smallest absolute Gasteiger partial charge is 0.303 e. The van der Waals surface area contributed by atoms with Crippen molar-refractivity contribution in [2.75, 3.05) is 6.54 Å². The van der Waals surface area contributed by atoms with Crippen LogP contribution in [0.4, 0.5) is 0 Å². The third-order valence-electron chi connectivity index (χ3n) is 4.07. The van der Waals surface area contributed by atoms with Gasteiger partial charge in [-0.25, -0.2) is 6.57 Å². The fraction of sp³-hybridized carbons (Fsp3) is 0.833. The van der Waals surface area contributed by atoms with Crippen LogP contribution in [-0.4, -0.2) is 29.6 Å². The molecule has 0 aromatic heterocycles. The predicted molar refractivity (Wildman–Crippen MR) is 61.1 cm³/mol. The lowest BCUT2D eigenvalue weighted by molar-refractivity contribution is -0.134. The number of piperidine rings is 1. The van der Waals surface area contributed by atoms with Crippen molar-refractivity contribution in [3.63, 3.8) is 0 Å². The van der Waals surface area contributed by atoms with Crippen molar-refractivity contribution in [2.24, 2.45) is 23.5 Å². The summed E-state index contributed by atoms with van der Waals surface area (Å²) in [5.74, 6) is 1.18. The molecule has 1 amide bonds. The number of hydrogen-bond acceptors (Lipinski definition) is 2. The Kier molecular flexibility index (Phi) is 2.90. The summed E-state index contributed by atoms with van der Waals surface area (Å²) in [5, 5.41) is 0. The molecule has 4 nitrogen and oxygen atoms in total. The zero-order valence-electron chi connectivity index (χ0n) is 9.89. The molecule has 1 aliphatic heterocycles. The molecule has 5 unspecified atom stereocenters. The molecule has 88 valence electrons. The molecule has 0 spiro atoms. The van der Waals surface area contributed by atoms with E-state index in [1.54, 1.807) is 4.90 Å². The lowest BCUT2D eigenvalue weighted by Crippen LogP contribution is -2.49. The Morgan fingerprint density at radius 2 is 2.38 bits per heavy atom. The van der Waals surface area contributed by atoms with Gasteiger partial charge in [-0.1, -0.05) is 20.3 Å². The third kappa shape index (κ3) is 1.69. The highest BCUT2D eigenvalue weighted by Crippen LogP contribution is 2.50. The first-order valence-corrected chi connectivity index (χ1v) is 6.02.